The molecule has 19 heavy (non-hydrogen) atoms. The molecule has 1 aromatic carbocycles. The molecule has 102 valence electrons. The van der Waals surface area contributed by atoms with Gasteiger partial charge in [0.15, 0.2) is 0 Å². The lowest BCUT2D eigenvalue weighted by molar-refractivity contribution is -0.384. The van der Waals surface area contributed by atoms with Crippen molar-refractivity contribution in [3.8, 4) is 0 Å². The van der Waals surface area contributed by atoms with Crippen molar-refractivity contribution in [2.75, 3.05) is 0 Å². The van der Waals surface area contributed by atoms with Crippen molar-refractivity contribution in [2.24, 2.45) is 5.41 Å². The first-order valence-electron chi connectivity index (χ1n) is 5.66. The molecule has 2 rings (SSSR count). The van der Waals surface area contributed by atoms with Crippen LogP contribution in [-0.4, -0.2) is 16.9 Å². The third-order valence-corrected chi connectivity index (χ3v) is 4.09. The normalized spacial score (nSPS) is 19.9. The highest BCUT2D eigenvalue weighted by atomic mass is 35.5. The second kappa shape index (κ2) is 4.65. The molecule has 1 aromatic rings. The SMILES string of the molecule is CC1(C)CC1NC(=O)c1cc([N+](=O)[O-])cc(Cl)c1Cl. The van der Waals surface area contributed by atoms with Gasteiger partial charge in [0.2, 0.25) is 0 Å². The van der Waals surface area contributed by atoms with E-state index in [9.17, 15) is 14.9 Å². The van der Waals surface area contributed by atoms with Crippen molar-refractivity contribution in [2.45, 2.75) is 26.3 Å². The molecule has 1 N–H and O–H groups in total. The highest BCUT2D eigenvalue weighted by molar-refractivity contribution is 6.44. The van der Waals surface area contributed by atoms with Crippen molar-refractivity contribution in [3.63, 3.8) is 0 Å². The molecule has 0 heterocycles. The zero-order chi connectivity index (χ0) is 14.4. The minimum Gasteiger partial charge on any atom is -0.349 e. The Morgan fingerprint density at radius 1 is 1.47 bits per heavy atom. The number of non-ortho nitro benzene ring substituents is 1. The van der Waals surface area contributed by atoms with Gasteiger partial charge < -0.3 is 5.32 Å². The second-order valence-electron chi connectivity index (χ2n) is 5.26. The number of carbonyl (C=O) groups excluding carboxylic acids is 1. The third-order valence-electron chi connectivity index (χ3n) is 3.29. The lowest BCUT2D eigenvalue weighted by atomic mass is 10.1. The van der Waals surface area contributed by atoms with Crippen molar-refractivity contribution < 1.29 is 9.72 Å². The number of nitrogens with one attached hydrogen (secondary N) is 1. The molecular formula is C12H12Cl2N2O3. The Bertz CT molecular complexity index is 572. The monoisotopic (exact) mass is 302 g/mol. The maximum atomic E-state index is 12.1. The van der Waals surface area contributed by atoms with Crippen LogP contribution in [0.3, 0.4) is 0 Å². The van der Waals surface area contributed by atoms with Crippen LogP contribution in [0.1, 0.15) is 30.6 Å². The van der Waals surface area contributed by atoms with Crippen LogP contribution in [0.4, 0.5) is 5.69 Å². The lowest BCUT2D eigenvalue weighted by Gasteiger charge is -2.09. The first-order valence-corrected chi connectivity index (χ1v) is 6.42. The van der Waals surface area contributed by atoms with E-state index in [1.54, 1.807) is 0 Å². The maximum absolute atomic E-state index is 12.1. The first-order chi connectivity index (χ1) is 8.72. The van der Waals surface area contributed by atoms with Gasteiger partial charge in [-0.15, -0.1) is 0 Å². The summed E-state index contributed by atoms with van der Waals surface area (Å²) in [5.41, 5.74) is -0.162. The topological polar surface area (TPSA) is 72.2 Å². The summed E-state index contributed by atoms with van der Waals surface area (Å²) < 4.78 is 0. The summed E-state index contributed by atoms with van der Waals surface area (Å²) in [6.45, 7) is 4.06. The minimum absolute atomic E-state index is 0.00364. The zero-order valence-electron chi connectivity index (χ0n) is 10.4. The number of halogens is 2. The van der Waals surface area contributed by atoms with Crippen LogP contribution in [-0.2, 0) is 0 Å². The maximum Gasteiger partial charge on any atom is 0.271 e. The van der Waals surface area contributed by atoms with E-state index in [1.807, 2.05) is 13.8 Å². The van der Waals surface area contributed by atoms with Gasteiger partial charge in [0, 0.05) is 18.2 Å². The molecule has 0 aliphatic heterocycles. The van der Waals surface area contributed by atoms with Crippen LogP contribution in [0.5, 0.6) is 0 Å². The quantitative estimate of drug-likeness (QED) is 0.687. The standard InChI is InChI=1S/C12H12Cl2N2O3/c1-12(2)5-9(12)15-11(17)7-3-6(16(18)19)4-8(13)10(7)14/h3-4,9H,5H2,1-2H3,(H,15,17). The third kappa shape index (κ3) is 2.82. The van der Waals surface area contributed by atoms with E-state index in [4.69, 9.17) is 23.2 Å². The number of amides is 1. The Morgan fingerprint density at radius 3 is 2.53 bits per heavy atom. The summed E-state index contributed by atoms with van der Waals surface area (Å²) in [5, 5.41) is 13.6. The van der Waals surface area contributed by atoms with Gasteiger partial charge in [0.25, 0.3) is 11.6 Å². The number of rotatable bonds is 3. The van der Waals surface area contributed by atoms with Crippen molar-refractivity contribution in [1.29, 1.82) is 0 Å². The summed E-state index contributed by atoms with van der Waals surface area (Å²) in [4.78, 5) is 22.2. The predicted molar refractivity (Wildman–Crippen MR) is 72.8 cm³/mol. The highest BCUT2D eigenvalue weighted by Crippen LogP contribution is 2.45. The average Bonchev–Trinajstić information content (AvgIpc) is 2.89. The van der Waals surface area contributed by atoms with Gasteiger partial charge in [0.05, 0.1) is 20.5 Å². The van der Waals surface area contributed by atoms with Crippen LogP contribution in [0, 0.1) is 15.5 Å². The molecule has 1 atom stereocenters. The number of benzene rings is 1. The van der Waals surface area contributed by atoms with Crippen molar-refractivity contribution in [3.05, 3.63) is 37.9 Å². The van der Waals surface area contributed by atoms with E-state index in [2.05, 4.69) is 5.32 Å². The summed E-state index contributed by atoms with van der Waals surface area (Å²) in [7, 11) is 0. The van der Waals surface area contributed by atoms with Crippen LogP contribution >= 0.6 is 23.2 Å². The van der Waals surface area contributed by atoms with Crippen molar-refractivity contribution >= 4 is 34.8 Å². The molecule has 1 aliphatic carbocycles. The van der Waals surface area contributed by atoms with E-state index in [1.165, 1.54) is 0 Å². The summed E-state index contributed by atoms with van der Waals surface area (Å²) >= 11 is 11.7. The molecule has 1 unspecified atom stereocenters. The van der Waals surface area contributed by atoms with Crippen molar-refractivity contribution in [1.82, 2.24) is 5.32 Å². The fraction of sp³-hybridized carbons (Fsp3) is 0.417. The average molecular weight is 303 g/mol. The van der Waals surface area contributed by atoms with E-state index in [0.29, 0.717) is 0 Å². The number of nitrogens with zero attached hydrogens (tertiary/aromatic N) is 1. The number of nitro groups is 1. The smallest absolute Gasteiger partial charge is 0.271 e. The van der Waals surface area contributed by atoms with Gasteiger partial charge in [-0.3, -0.25) is 14.9 Å². The molecule has 0 spiro atoms. The molecular weight excluding hydrogens is 291 g/mol. The molecule has 0 aromatic heterocycles. The second-order valence-corrected chi connectivity index (χ2v) is 6.05. The molecule has 5 nitrogen and oxygen atoms in total. The van der Waals surface area contributed by atoms with Gasteiger partial charge in [-0.05, 0) is 11.8 Å². The zero-order valence-corrected chi connectivity index (χ0v) is 11.9. The Balaban J connectivity index is 2.28. The van der Waals surface area contributed by atoms with Crippen LogP contribution < -0.4 is 5.32 Å². The van der Waals surface area contributed by atoms with E-state index >= 15 is 0 Å². The summed E-state index contributed by atoms with van der Waals surface area (Å²) in [6.07, 6.45) is 0.874. The van der Waals surface area contributed by atoms with E-state index in [-0.39, 0.29) is 32.8 Å². The predicted octanol–water partition coefficient (Wildman–Crippen LogP) is 3.43. The lowest BCUT2D eigenvalue weighted by Crippen LogP contribution is -2.28. The Kier molecular flexibility index (Phi) is 3.45. The highest BCUT2D eigenvalue weighted by Gasteiger charge is 2.46. The molecule has 1 saturated carbocycles. The Morgan fingerprint density at radius 2 is 2.05 bits per heavy atom. The fourth-order valence-electron chi connectivity index (χ4n) is 1.79. The molecule has 7 heteroatoms. The Hall–Kier alpha value is -1.33. The molecule has 1 amide bonds. The Labute approximate surface area is 120 Å². The summed E-state index contributed by atoms with van der Waals surface area (Å²) in [6, 6.07) is 2.33. The number of carbonyl (C=O) groups is 1. The summed E-state index contributed by atoms with van der Waals surface area (Å²) in [5.74, 6) is -0.439. The van der Waals surface area contributed by atoms with E-state index < -0.39 is 10.8 Å². The van der Waals surface area contributed by atoms with Gasteiger partial charge in [-0.25, -0.2) is 0 Å². The largest absolute Gasteiger partial charge is 0.349 e. The molecule has 1 aliphatic rings. The minimum atomic E-state index is -0.611. The van der Waals surface area contributed by atoms with E-state index in [0.717, 1.165) is 18.6 Å². The van der Waals surface area contributed by atoms with Gasteiger partial charge in [-0.1, -0.05) is 37.0 Å². The van der Waals surface area contributed by atoms with Crippen LogP contribution in [0.15, 0.2) is 12.1 Å². The number of nitro benzene ring substituents is 1. The number of hydrogen-bond donors (Lipinski definition) is 1. The number of hydrogen-bond acceptors (Lipinski definition) is 3. The van der Waals surface area contributed by atoms with Crippen LogP contribution in [0.25, 0.3) is 0 Å². The van der Waals surface area contributed by atoms with Gasteiger partial charge in [-0.2, -0.15) is 0 Å². The van der Waals surface area contributed by atoms with Crippen LogP contribution in [0.2, 0.25) is 10.0 Å². The fourth-order valence-corrected chi connectivity index (χ4v) is 2.20. The molecule has 1 fully saturated rings. The van der Waals surface area contributed by atoms with Gasteiger partial charge >= 0.3 is 0 Å². The molecule has 0 radical (unpaired) electrons. The molecule has 0 saturated heterocycles. The first kappa shape index (κ1) is 14.1. The van der Waals surface area contributed by atoms with Gasteiger partial charge in [0.1, 0.15) is 0 Å². The molecule has 0 bridgehead atoms.